The average Bonchev–Trinajstić information content (AvgIpc) is 3.36. The molecule has 1 amide bonds. The number of carbonyl (C=O) groups is 1. The van der Waals surface area contributed by atoms with Crippen molar-refractivity contribution in [2.45, 2.75) is 38.6 Å². The fourth-order valence-electron chi connectivity index (χ4n) is 3.38. The Balaban J connectivity index is 1.29. The van der Waals surface area contributed by atoms with Crippen molar-refractivity contribution in [3.05, 3.63) is 63.9 Å². The molecule has 1 fully saturated rings. The minimum atomic E-state index is -0.114. The van der Waals surface area contributed by atoms with Crippen LogP contribution in [-0.2, 0) is 0 Å². The van der Waals surface area contributed by atoms with Crippen LogP contribution in [0.5, 0.6) is 0 Å². The minimum absolute atomic E-state index is 0.00211. The molecule has 0 bridgehead atoms. The molecule has 30 heavy (non-hydrogen) atoms. The molecule has 0 radical (unpaired) electrons. The molecule has 1 atom stereocenters. The maximum absolute atomic E-state index is 12.6. The van der Waals surface area contributed by atoms with Crippen molar-refractivity contribution >= 4 is 39.9 Å². The molecular weight excluding hydrogens is 396 g/mol. The Hall–Kier alpha value is -3.26. The van der Waals surface area contributed by atoms with E-state index in [1.165, 1.54) is 24.2 Å². The monoisotopic (exact) mass is 418 g/mol. The Kier molecular flexibility index (Phi) is 4.71. The lowest BCUT2D eigenvalue weighted by Gasteiger charge is -2.16. The zero-order chi connectivity index (χ0) is 20.7. The summed E-state index contributed by atoms with van der Waals surface area (Å²) in [4.78, 5) is 29.8. The Morgan fingerprint density at radius 1 is 1.27 bits per heavy atom. The van der Waals surface area contributed by atoms with Crippen LogP contribution in [-0.4, -0.2) is 25.8 Å². The lowest BCUT2D eigenvalue weighted by atomic mass is 10.1. The molecular formula is C22H22N6OS. The molecule has 3 N–H and O–H groups in total. The van der Waals surface area contributed by atoms with Crippen LogP contribution in [0.3, 0.4) is 0 Å². The Morgan fingerprint density at radius 2 is 2.13 bits per heavy atom. The largest absolute Gasteiger partial charge is 0.362 e. The lowest BCUT2D eigenvalue weighted by Crippen LogP contribution is -2.12. The van der Waals surface area contributed by atoms with Gasteiger partial charge < -0.3 is 15.6 Å². The predicted molar refractivity (Wildman–Crippen MR) is 119 cm³/mol. The van der Waals surface area contributed by atoms with Crippen molar-refractivity contribution in [3.8, 4) is 0 Å². The number of fused-ring (bicyclic) bond motifs is 1. The summed E-state index contributed by atoms with van der Waals surface area (Å²) < 4.78 is 0. The van der Waals surface area contributed by atoms with Crippen LogP contribution in [0.4, 0.5) is 11.5 Å². The molecule has 1 saturated carbocycles. The number of thiazole rings is 1. The van der Waals surface area contributed by atoms with E-state index in [2.05, 4.69) is 37.5 Å². The normalized spacial score (nSPS) is 14.6. The van der Waals surface area contributed by atoms with Crippen molar-refractivity contribution < 1.29 is 4.79 Å². The first kappa shape index (κ1) is 18.7. The molecule has 8 heteroatoms. The first-order valence-corrected chi connectivity index (χ1v) is 10.8. The van der Waals surface area contributed by atoms with Gasteiger partial charge in [0.1, 0.15) is 16.2 Å². The van der Waals surface area contributed by atoms with Gasteiger partial charge in [0.2, 0.25) is 0 Å². The van der Waals surface area contributed by atoms with Crippen LogP contribution in [0, 0.1) is 6.92 Å². The number of amides is 1. The van der Waals surface area contributed by atoms with Gasteiger partial charge in [0, 0.05) is 17.8 Å². The number of carbonyl (C=O) groups excluding carboxylic acids is 1. The second-order valence-electron chi connectivity index (χ2n) is 7.71. The summed E-state index contributed by atoms with van der Waals surface area (Å²) >= 11 is 1.49. The number of anilines is 2. The van der Waals surface area contributed by atoms with Gasteiger partial charge in [-0.2, -0.15) is 0 Å². The van der Waals surface area contributed by atoms with E-state index in [0.29, 0.717) is 16.6 Å². The van der Waals surface area contributed by atoms with Gasteiger partial charge in [-0.3, -0.25) is 4.79 Å². The Morgan fingerprint density at radius 3 is 2.97 bits per heavy atom. The van der Waals surface area contributed by atoms with Crippen LogP contribution in [0.15, 0.2) is 42.9 Å². The molecule has 4 aromatic rings. The van der Waals surface area contributed by atoms with Crippen molar-refractivity contribution in [1.82, 2.24) is 19.9 Å². The number of nitrogens with one attached hydrogen (secondary N) is 3. The predicted octanol–water partition coefficient (Wildman–Crippen LogP) is 5.03. The van der Waals surface area contributed by atoms with Gasteiger partial charge in [0.25, 0.3) is 5.91 Å². The SMILES string of the molecule is Cc1c[nH]c2ncc(N[C@@H](C)c3cccc(NC(=O)c4cnc(C5CC5)s4)c3)nc12. The average molecular weight is 419 g/mol. The topological polar surface area (TPSA) is 95.6 Å². The van der Waals surface area contributed by atoms with Crippen molar-refractivity contribution in [3.63, 3.8) is 0 Å². The molecule has 7 nitrogen and oxygen atoms in total. The van der Waals surface area contributed by atoms with Gasteiger partial charge in [0.15, 0.2) is 5.65 Å². The van der Waals surface area contributed by atoms with Crippen LogP contribution in [0.1, 0.15) is 57.5 Å². The van der Waals surface area contributed by atoms with Crippen molar-refractivity contribution in [2.24, 2.45) is 0 Å². The minimum Gasteiger partial charge on any atom is -0.362 e. The Bertz CT molecular complexity index is 1230. The summed E-state index contributed by atoms with van der Waals surface area (Å²) in [5.74, 6) is 1.16. The van der Waals surface area contributed by atoms with Gasteiger partial charge in [-0.1, -0.05) is 12.1 Å². The molecule has 1 aromatic carbocycles. The number of benzene rings is 1. The third-order valence-corrected chi connectivity index (χ3v) is 6.41. The first-order valence-electron chi connectivity index (χ1n) is 10.0. The second kappa shape index (κ2) is 7.53. The van der Waals surface area contributed by atoms with Crippen LogP contribution < -0.4 is 10.6 Å². The van der Waals surface area contributed by atoms with Crippen LogP contribution >= 0.6 is 11.3 Å². The molecule has 0 aliphatic heterocycles. The van der Waals surface area contributed by atoms with E-state index in [0.717, 1.165) is 33.0 Å². The van der Waals surface area contributed by atoms with Gasteiger partial charge >= 0.3 is 0 Å². The number of nitrogens with zero attached hydrogens (tertiary/aromatic N) is 3. The second-order valence-corrected chi connectivity index (χ2v) is 8.77. The van der Waals surface area contributed by atoms with Gasteiger partial charge in [-0.15, -0.1) is 11.3 Å². The van der Waals surface area contributed by atoms with Gasteiger partial charge in [0.05, 0.1) is 23.4 Å². The van der Waals surface area contributed by atoms with Crippen LogP contribution in [0.2, 0.25) is 0 Å². The number of aromatic nitrogens is 4. The summed E-state index contributed by atoms with van der Waals surface area (Å²) in [6.45, 7) is 4.06. The molecule has 152 valence electrons. The van der Waals surface area contributed by atoms with E-state index >= 15 is 0 Å². The molecule has 0 saturated heterocycles. The fourth-order valence-corrected chi connectivity index (χ4v) is 4.36. The molecule has 0 unspecified atom stereocenters. The summed E-state index contributed by atoms with van der Waals surface area (Å²) in [6, 6.07) is 7.84. The highest BCUT2D eigenvalue weighted by Crippen LogP contribution is 2.41. The first-order chi connectivity index (χ1) is 14.6. The number of H-pyrrole nitrogens is 1. The van der Waals surface area contributed by atoms with E-state index in [4.69, 9.17) is 0 Å². The molecule has 1 aliphatic carbocycles. The number of hydrogen-bond donors (Lipinski definition) is 3. The summed E-state index contributed by atoms with van der Waals surface area (Å²) in [5, 5.41) is 7.46. The highest BCUT2D eigenvalue weighted by atomic mass is 32.1. The lowest BCUT2D eigenvalue weighted by molar-refractivity contribution is 0.103. The maximum atomic E-state index is 12.6. The van der Waals surface area contributed by atoms with E-state index in [-0.39, 0.29) is 11.9 Å². The van der Waals surface area contributed by atoms with Crippen molar-refractivity contribution in [2.75, 3.05) is 10.6 Å². The molecule has 1 aliphatic rings. The fraction of sp³-hybridized carbons (Fsp3) is 0.273. The number of aromatic amines is 1. The molecule has 0 spiro atoms. The van der Waals surface area contributed by atoms with E-state index < -0.39 is 0 Å². The quantitative estimate of drug-likeness (QED) is 0.408. The van der Waals surface area contributed by atoms with E-state index in [1.54, 1.807) is 12.4 Å². The van der Waals surface area contributed by atoms with Gasteiger partial charge in [-0.05, 0) is 49.9 Å². The summed E-state index contributed by atoms with van der Waals surface area (Å²) in [5.41, 5.74) is 4.51. The van der Waals surface area contributed by atoms with Gasteiger partial charge in [-0.25, -0.2) is 15.0 Å². The zero-order valence-corrected chi connectivity index (χ0v) is 17.6. The highest BCUT2D eigenvalue weighted by Gasteiger charge is 2.27. The van der Waals surface area contributed by atoms with E-state index in [9.17, 15) is 4.79 Å². The third-order valence-electron chi connectivity index (χ3n) is 5.25. The maximum Gasteiger partial charge on any atom is 0.267 e. The smallest absolute Gasteiger partial charge is 0.267 e. The number of aryl methyl sites for hydroxylation is 1. The summed E-state index contributed by atoms with van der Waals surface area (Å²) in [7, 11) is 0. The van der Waals surface area contributed by atoms with E-state index in [1.807, 2.05) is 37.4 Å². The zero-order valence-electron chi connectivity index (χ0n) is 16.8. The standard InChI is InChI=1S/C22H22N6OS/c1-12-9-23-20-19(12)28-18(11-24-20)26-13(2)15-4-3-5-16(8-15)27-21(29)17-10-25-22(30-17)14-6-7-14/h3-5,8-11,13-14H,6-7H2,1-2H3,(H,23,24)(H,26,28)(H,27,29)/t13-/m0/s1. The molecule has 5 rings (SSSR count). The van der Waals surface area contributed by atoms with Crippen molar-refractivity contribution in [1.29, 1.82) is 0 Å². The Labute approximate surface area is 178 Å². The molecule has 3 aromatic heterocycles. The number of rotatable bonds is 6. The summed E-state index contributed by atoms with van der Waals surface area (Å²) in [6.07, 6.45) is 7.67. The van der Waals surface area contributed by atoms with Crippen LogP contribution in [0.25, 0.3) is 11.2 Å². The third kappa shape index (κ3) is 3.78. The highest BCUT2D eigenvalue weighted by molar-refractivity contribution is 7.13. The number of hydrogen-bond acceptors (Lipinski definition) is 6. The molecule has 3 heterocycles.